The largest absolute Gasteiger partial charge is 0.390 e. The molecule has 1 saturated heterocycles. The first-order chi connectivity index (χ1) is 11.9. The van der Waals surface area contributed by atoms with Crippen molar-refractivity contribution >= 4 is 5.91 Å². The zero-order valence-electron chi connectivity index (χ0n) is 14.1. The fourth-order valence-corrected chi connectivity index (χ4v) is 2.77. The fraction of sp³-hybridized carbons (Fsp3) is 0.286. The standard InChI is InChI=1S/C21H20FNO2/c1-21(25)12-14-23(15-13-21)20(24)18-10-7-16(8-11-18)6-9-17-4-2-3-5-19(17)22/h2-5,7-8,10-11,25H,12-15H2,1H3. The van der Waals surface area contributed by atoms with Gasteiger partial charge in [0, 0.05) is 24.2 Å². The molecule has 0 radical (unpaired) electrons. The number of carbonyl (C=O) groups is 1. The van der Waals surface area contributed by atoms with Gasteiger partial charge in [-0.05, 0) is 56.2 Å². The maximum Gasteiger partial charge on any atom is 0.253 e. The lowest BCUT2D eigenvalue weighted by Gasteiger charge is -2.35. The zero-order chi connectivity index (χ0) is 17.9. The Kier molecular flexibility index (Phi) is 4.87. The number of halogens is 1. The van der Waals surface area contributed by atoms with E-state index >= 15 is 0 Å². The molecule has 0 aromatic heterocycles. The molecule has 2 aromatic carbocycles. The molecule has 128 valence electrons. The molecule has 1 fully saturated rings. The summed E-state index contributed by atoms with van der Waals surface area (Å²) in [5.41, 5.74) is 0.991. The van der Waals surface area contributed by atoms with Gasteiger partial charge in [0.25, 0.3) is 5.91 Å². The van der Waals surface area contributed by atoms with Gasteiger partial charge in [0.15, 0.2) is 0 Å². The minimum Gasteiger partial charge on any atom is -0.390 e. The van der Waals surface area contributed by atoms with Crippen molar-refractivity contribution in [3.63, 3.8) is 0 Å². The Bertz CT molecular complexity index is 821. The topological polar surface area (TPSA) is 40.5 Å². The number of rotatable bonds is 1. The van der Waals surface area contributed by atoms with Crippen LogP contribution in [-0.4, -0.2) is 34.6 Å². The highest BCUT2D eigenvalue weighted by molar-refractivity contribution is 5.94. The minimum atomic E-state index is -0.678. The summed E-state index contributed by atoms with van der Waals surface area (Å²) >= 11 is 0. The number of nitrogens with zero attached hydrogens (tertiary/aromatic N) is 1. The van der Waals surface area contributed by atoms with Crippen molar-refractivity contribution in [2.75, 3.05) is 13.1 Å². The van der Waals surface area contributed by atoms with Crippen molar-refractivity contribution in [3.8, 4) is 11.8 Å². The smallest absolute Gasteiger partial charge is 0.253 e. The Morgan fingerprint density at radius 3 is 2.36 bits per heavy atom. The number of aliphatic hydroxyl groups is 1. The van der Waals surface area contributed by atoms with E-state index in [1.165, 1.54) is 6.07 Å². The summed E-state index contributed by atoms with van der Waals surface area (Å²) in [6.07, 6.45) is 1.18. The van der Waals surface area contributed by atoms with E-state index in [4.69, 9.17) is 0 Å². The predicted octanol–water partition coefficient (Wildman–Crippen LogP) is 3.21. The summed E-state index contributed by atoms with van der Waals surface area (Å²) in [6, 6.07) is 13.4. The molecule has 0 bridgehead atoms. The van der Waals surface area contributed by atoms with E-state index in [-0.39, 0.29) is 11.7 Å². The zero-order valence-corrected chi connectivity index (χ0v) is 14.1. The molecule has 1 aliphatic heterocycles. The first kappa shape index (κ1) is 17.2. The van der Waals surface area contributed by atoms with E-state index in [1.807, 2.05) is 0 Å². The SMILES string of the molecule is CC1(O)CCN(C(=O)c2ccc(C#Cc3ccccc3F)cc2)CC1. The van der Waals surface area contributed by atoms with Gasteiger partial charge in [0.2, 0.25) is 0 Å². The maximum atomic E-state index is 13.6. The molecule has 1 amide bonds. The number of benzene rings is 2. The van der Waals surface area contributed by atoms with Crippen LogP contribution < -0.4 is 0 Å². The first-order valence-electron chi connectivity index (χ1n) is 8.33. The Hall–Kier alpha value is -2.64. The lowest BCUT2D eigenvalue weighted by atomic mass is 9.93. The number of hydrogen-bond donors (Lipinski definition) is 1. The Morgan fingerprint density at radius 2 is 1.72 bits per heavy atom. The summed E-state index contributed by atoms with van der Waals surface area (Å²) in [5.74, 6) is 5.33. The molecule has 3 rings (SSSR count). The third-order valence-electron chi connectivity index (χ3n) is 4.48. The molecule has 0 atom stereocenters. The molecule has 4 heteroatoms. The van der Waals surface area contributed by atoms with Crippen molar-refractivity contribution in [1.82, 2.24) is 4.90 Å². The van der Waals surface area contributed by atoms with Gasteiger partial charge in [-0.3, -0.25) is 4.79 Å². The van der Waals surface area contributed by atoms with Crippen LogP contribution in [0.5, 0.6) is 0 Å². The summed E-state index contributed by atoms with van der Waals surface area (Å²) in [6.45, 7) is 2.92. The van der Waals surface area contributed by atoms with Gasteiger partial charge in [0.05, 0.1) is 11.2 Å². The van der Waals surface area contributed by atoms with E-state index in [2.05, 4.69) is 11.8 Å². The van der Waals surface area contributed by atoms with Crippen molar-refractivity contribution < 1.29 is 14.3 Å². The van der Waals surface area contributed by atoms with Crippen LogP contribution in [-0.2, 0) is 0 Å². The van der Waals surface area contributed by atoms with Crippen LogP contribution in [0.15, 0.2) is 48.5 Å². The van der Waals surface area contributed by atoms with E-state index < -0.39 is 5.60 Å². The summed E-state index contributed by atoms with van der Waals surface area (Å²) in [5, 5.41) is 9.97. The average Bonchev–Trinajstić information content (AvgIpc) is 2.61. The highest BCUT2D eigenvalue weighted by Crippen LogP contribution is 2.22. The van der Waals surface area contributed by atoms with Gasteiger partial charge < -0.3 is 10.0 Å². The number of piperidine rings is 1. The molecule has 1 aliphatic rings. The van der Waals surface area contributed by atoms with Crippen molar-refractivity contribution in [3.05, 3.63) is 71.0 Å². The van der Waals surface area contributed by atoms with Crippen LogP contribution in [0.4, 0.5) is 4.39 Å². The predicted molar refractivity (Wildman–Crippen MR) is 94.6 cm³/mol. The third-order valence-corrected chi connectivity index (χ3v) is 4.48. The monoisotopic (exact) mass is 337 g/mol. The Labute approximate surface area is 147 Å². The first-order valence-corrected chi connectivity index (χ1v) is 8.33. The van der Waals surface area contributed by atoms with Crippen LogP contribution in [0.1, 0.15) is 41.3 Å². The summed E-state index contributed by atoms with van der Waals surface area (Å²) in [7, 11) is 0. The van der Waals surface area contributed by atoms with E-state index in [1.54, 1.807) is 54.3 Å². The molecule has 0 spiro atoms. The number of carbonyl (C=O) groups excluding carboxylic acids is 1. The Balaban J connectivity index is 1.69. The van der Waals surface area contributed by atoms with Crippen molar-refractivity contribution in [1.29, 1.82) is 0 Å². The molecular formula is C21H20FNO2. The number of amides is 1. The molecule has 0 saturated carbocycles. The van der Waals surface area contributed by atoms with Crippen molar-refractivity contribution in [2.45, 2.75) is 25.4 Å². The number of hydrogen-bond acceptors (Lipinski definition) is 2. The van der Waals surface area contributed by atoms with Gasteiger partial charge in [-0.2, -0.15) is 0 Å². The highest BCUT2D eigenvalue weighted by Gasteiger charge is 2.29. The molecule has 0 unspecified atom stereocenters. The quantitative estimate of drug-likeness (QED) is 0.812. The Morgan fingerprint density at radius 1 is 1.08 bits per heavy atom. The third kappa shape index (κ3) is 4.26. The van der Waals surface area contributed by atoms with Gasteiger partial charge in [-0.15, -0.1) is 0 Å². The van der Waals surface area contributed by atoms with Crippen LogP contribution in [0, 0.1) is 17.7 Å². The summed E-state index contributed by atoms with van der Waals surface area (Å²) in [4.78, 5) is 14.3. The van der Waals surface area contributed by atoms with E-state index in [0.29, 0.717) is 37.1 Å². The molecule has 25 heavy (non-hydrogen) atoms. The van der Waals surface area contributed by atoms with Crippen LogP contribution in [0.2, 0.25) is 0 Å². The molecule has 1 heterocycles. The second kappa shape index (κ2) is 7.08. The molecule has 1 N–H and O–H groups in total. The molecule has 2 aromatic rings. The lowest BCUT2D eigenvalue weighted by molar-refractivity contribution is -0.00202. The molecule has 0 aliphatic carbocycles. The summed E-state index contributed by atoms with van der Waals surface area (Å²) < 4.78 is 13.6. The van der Waals surface area contributed by atoms with Crippen LogP contribution in [0.25, 0.3) is 0 Å². The maximum absolute atomic E-state index is 13.6. The van der Waals surface area contributed by atoms with E-state index in [0.717, 1.165) is 5.56 Å². The molecule has 3 nitrogen and oxygen atoms in total. The van der Waals surface area contributed by atoms with Gasteiger partial charge in [0.1, 0.15) is 5.82 Å². The fourth-order valence-electron chi connectivity index (χ4n) is 2.77. The second-order valence-corrected chi connectivity index (χ2v) is 6.60. The van der Waals surface area contributed by atoms with Gasteiger partial charge in [-0.25, -0.2) is 4.39 Å². The van der Waals surface area contributed by atoms with E-state index in [9.17, 15) is 14.3 Å². The average molecular weight is 337 g/mol. The normalized spacial score (nSPS) is 16.0. The van der Waals surface area contributed by atoms with Gasteiger partial charge >= 0.3 is 0 Å². The van der Waals surface area contributed by atoms with Crippen LogP contribution in [0.3, 0.4) is 0 Å². The van der Waals surface area contributed by atoms with Crippen LogP contribution >= 0.6 is 0 Å². The number of likely N-dealkylation sites (tertiary alicyclic amines) is 1. The lowest BCUT2D eigenvalue weighted by Crippen LogP contribution is -2.45. The molecular weight excluding hydrogens is 317 g/mol. The van der Waals surface area contributed by atoms with Crippen molar-refractivity contribution in [2.24, 2.45) is 0 Å². The van der Waals surface area contributed by atoms with Gasteiger partial charge in [-0.1, -0.05) is 24.0 Å². The minimum absolute atomic E-state index is 0.0379. The highest BCUT2D eigenvalue weighted by atomic mass is 19.1. The second-order valence-electron chi connectivity index (χ2n) is 6.60.